The molecule has 110 valence electrons. The summed E-state index contributed by atoms with van der Waals surface area (Å²) in [7, 11) is 0. The highest BCUT2D eigenvalue weighted by atomic mass is 16.2. The van der Waals surface area contributed by atoms with Crippen LogP contribution in [0.1, 0.15) is 24.8 Å². The van der Waals surface area contributed by atoms with Crippen LogP contribution in [0.3, 0.4) is 0 Å². The largest absolute Gasteiger partial charge is 0.343 e. The topological polar surface area (TPSA) is 42.3 Å². The number of pyridine rings is 1. The van der Waals surface area contributed by atoms with Crippen LogP contribution in [0.4, 0.5) is 0 Å². The molecule has 0 spiro atoms. The Balaban J connectivity index is 1.87. The van der Waals surface area contributed by atoms with E-state index in [9.17, 15) is 9.59 Å². The summed E-state index contributed by atoms with van der Waals surface area (Å²) in [6.45, 7) is 4.01. The van der Waals surface area contributed by atoms with E-state index in [1.165, 1.54) is 0 Å². The number of aryl methyl sites for hydroxylation is 2. The van der Waals surface area contributed by atoms with E-state index in [-0.39, 0.29) is 11.5 Å². The fourth-order valence-electron chi connectivity index (χ4n) is 3.03. The number of hydrogen-bond acceptors (Lipinski definition) is 2. The molecule has 1 fully saturated rings. The Labute approximate surface area is 124 Å². The van der Waals surface area contributed by atoms with Crippen LogP contribution >= 0.6 is 0 Å². The van der Waals surface area contributed by atoms with Gasteiger partial charge in [0.05, 0.1) is 5.52 Å². The van der Waals surface area contributed by atoms with Gasteiger partial charge in [-0.15, -0.1) is 0 Å². The molecule has 0 N–H and O–H groups in total. The zero-order valence-corrected chi connectivity index (χ0v) is 12.3. The predicted molar refractivity (Wildman–Crippen MR) is 83.4 cm³/mol. The van der Waals surface area contributed by atoms with Gasteiger partial charge in [0.1, 0.15) is 0 Å². The molecule has 1 amide bonds. The number of hydrogen-bond donors (Lipinski definition) is 0. The molecule has 4 nitrogen and oxygen atoms in total. The zero-order valence-electron chi connectivity index (χ0n) is 12.3. The summed E-state index contributed by atoms with van der Waals surface area (Å²) in [6, 6.07) is 9.75. The van der Waals surface area contributed by atoms with E-state index in [2.05, 4.69) is 0 Å². The van der Waals surface area contributed by atoms with Gasteiger partial charge in [0.2, 0.25) is 5.91 Å². The van der Waals surface area contributed by atoms with Gasteiger partial charge in [0, 0.05) is 31.6 Å². The van der Waals surface area contributed by atoms with Gasteiger partial charge in [-0.2, -0.15) is 0 Å². The second-order valence-electron chi connectivity index (χ2n) is 5.68. The molecule has 0 unspecified atom stereocenters. The highest BCUT2D eigenvalue weighted by Gasteiger charge is 2.18. The Hall–Kier alpha value is -2.10. The van der Waals surface area contributed by atoms with Crippen LogP contribution in [-0.2, 0) is 11.3 Å². The SMILES string of the molecule is Cc1cc2ccccc2n(CCC(=O)N2CCCC2)c1=O. The summed E-state index contributed by atoms with van der Waals surface area (Å²) in [5.41, 5.74) is 1.63. The van der Waals surface area contributed by atoms with Crippen molar-refractivity contribution >= 4 is 16.8 Å². The van der Waals surface area contributed by atoms with Gasteiger partial charge in [0.25, 0.3) is 5.56 Å². The molecular formula is C17H20N2O2. The van der Waals surface area contributed by atoms with Crippen molar-refractivity contribution in [3.63, 3.8) is 0 Å². The Morgan fingerprint density at radius 2 is 1.90 bits per heavy atom. The summed E-state index contributed by atoms with van der Waals surface area (Å²) >= 11 is 0. The molecule has 1 saturated heterocycles. The molecule has 1 aromatic heterocycles. The molecular weight excluding hydrogens is 264 g/mol. The van der Waals surface area contributed by atoms with Gasteiger partial charge in [-0.1, -0.05) is 18.2 Å². The summed E-state index contributed by atoms with van der Waals surface area (Å²) in [5, 5.41) is 1.04. The molecule has 0 saturated carbocycles. The van der Waals surface area contributed by atoms with E-state index in [1.807, 2.05) is 42.2 Å². The van der Waals surface area contributed by atoms with Crippen molar-refractivity contribution in [1.29, 1.82) is 0 Å². The van der Waals surface area contributed by atoms with Crippen molar-refractivity contribution in [2.75, 3.05) is 13.1 Å². The minimum atomic E-state index is 0.00271. The highest BCUT2D eigenvalue weighted by molar-refractivity contribution is 5.80. The number of aromatic nitrogens is 1. The number of benzene rings is 1. The number of para-hydroxylation sites is 1. The van der Waals surface area contributed by atoms with Crippen LogP contribution in [0, 0.1) is 6.92 Å². The van der Waals surface area contributed by atoms with E-state index in [4.69, 9.17) is 0 Å². The fourth-order valence-corrected chi connectivity index (χ4v) is 3.03. The first-order chi connectivity index (χ1) is 10.2. The molecule has 2 aromatic rings. The van der Waals surface area contributed by atoms with Crippen molar-refractivity contribution in [2.45, 2.75) is 32.7 Å². The summed E-state index contributed by atoms with van der Waals surface area (Å²) < 4.78 is 1.73. The van der Waals surface area contributed by atoms with Gasteiger partial charge < -0.3 is 9.47 Å². The molecule has 0 atom stereocenters. The first-order valence-electron chi connectivity index (χ1n) is 7.54. The lowest BCUT2D eigenvalue weighted by atomic mass is 10.1. The third-order valence-corrected chi connectivity index (χ3v) is 4.19. The number of nitrogens with zero attached hydrogens (tertiary/aromatic N) is 2. The Morgan fingerprint density at radius 1 is 1.19 bits per heavy atom. The van der Waals surface area contributed by atoms with Crippen LogP contribution in [-0.4, -0.2) is 28.5 Å². The Kier molecular flexibility index (Phi) is 3.78. The Morgan fingerprint density at radius 3 is 2.67 bits per heavy atom. The smallest absolute Gasteiger partial charge is 0.253 e. The lowest BCUT2D eigenvalue weighted by Crippen LogP contribution is -2.30. The van der Waals surface area contributed by atoms with Gasteiger partial charge in [0.15, 0.2) is 0 Å². The second kappa shape index (κ2) is 5.72. The lowest BCUT2D eigenvalue weighted by Gasteiger charge is -2.16. The van der Waals surface area contributed by atoms with Crippen molar-refractivity contribution < 1.29 is 4.79 Å². The minimum absolute atomic E-state index is 0.00271. The number of carbonyl (C=O) groups excluding carboxylic acids is 1. The maximum absolute atomic E-state index is 12.4. The van der Waals surface area contributed by atoms with Crippen molar-refractivity contribution in [3.8, 4) is 0 Å². The van der Waals surface area contributed by atoms with Crippen LogP contribution in [0.5, 0.6) is 0 Å². The predicted octanol–water partition coefficient (Wildman–Crippen LogP) is 2.32. The monoisotopic (exact) mass is 284 g/mol. The van der Waals surface area contributed by atoms with Gasteiger partial charge in [-0.3, -0.25) is 9.59 Å². The van der Waals surface area contributed by atoms with Crippen LogP contribution < -0.4 is 5.56 Å². The number of carbonyl (C=O) groups is 1. The zero-order chi connectivity index (χ0) is 14.8. The van der Waals surface area contributed by atoms with Crippen LogP contribution in [0.15, 0.2) is 35.1 Å². The van der Waals surface area contributed by atoms with Gasteiger partial charge in [-0.05, 0) is 37.3 Å². The summed E-state index contributed by atoms with van der Waals surface area (Å²) in [5.74, 6) is 0.157. The molecule has 4 heteroatoms. The van der Waals surface area contributed by atoms with Crippen LogP contribution in [0.2, 0.25) is 0 Å². The molecule has 0 aliphatic carbocycles. The normalized spacial score (nSPS) is 14.8. The maximum Gasteiger partial charge on any atom is 0.253 e. The van der Waals surface area contributed by atoms with Crippen molar-refractivity contribution in [1.82, 2.24) is 9.47 Å². The van der Waals surface area contributed by atoms with E-state index in [0.29, 0.717) is 13.0 Å². The molecule has 2 heterocycles. The van der Waals surface area contributed by atoms with E-state index in [0.717, 1.165) is 42.4 Å². The molecule has 0 radical (unpaired) electrons. The maximum atomic E-state index is 12.4. The first kappa shape index (κ1) is 13.9. The molecule has 1 aliphatic rings. The molecule has 1 aliphatic heterocycles. The lowest BCUT2D eigenvalue weighted by molar-refractivity contribution is -0.130. The van der Waals surface area contributed by atoms with E-state index < -0.39 is 0 Å². The van der Waals surface area contributed by atoms with Crippen LogP contribution in [0.25, 0.3) is 10.9 Å². The third-order valence-electron chi connectivity index (χ3n) is 4.19. The number of amides is 1. The van der Waals surface area contributed by atoms with E-state index >= 15 is 0 Å². The third kappa shape index (κ3) is 2.71. The molecule has 3 rings (SSSR count). The minimum Gasteiger partial charge on any atom is -0.343 e. The quantitative estimate of drug-likeness (QED) is 0.868. The van der Waals surface area contributed by atoms with Crippen molar-refractivity contribution in [2.24, 2.45) is 0 Å². The first-order valence-corrected chi connectivity index (χ1v) is 7.54. The summed E-state index contributed by atoms with van der Waals surface area (Å²) in [6.07, 6.45) is 2.59. The summed E-state index contributed by atoms with van der Waals surface area (Å²) in [4.78, 5) is 26.4. The van der Waals surface area contributed by atoms with Gasteiger partial charge in [-0.25, -0.2) is 0 Å². The average molecular weight is 284 g/mol. The number of rotatable bonds is 3. The molecule has 1 aromatic carbocycles. The second-order valence-corrected chi connectivity index (χ2v) is 5.68. The number of likely N-dealkylation sites (tertiary alicyclic amines) is 1. The van der Waals surface area contributed by atoms with Gasteiger partial charge >= 0.3 is 0 Å². The standard InChI is InChI=1S/C17H20N2O2/c1-13-12-14-6-2-3-7-15(14)19(17(13)21)11-8-16(20)18-9-4-5-10-18/h2-3,6-7,12H,4-5,8-11H2,1H3. The number of fused-ring (bicyclic) bond motifs is 1. The fraction of sp³-hybridized carbons (Fsp3) is 0.412. The molecule has 0 bridgehead atoms. The van der Waals surface area contributed by atoms with E-state index in [1.54, 1.807) is 4.57 Å². The average Bonchev–Trinajstić information content (AvgIpc) is 3.02. The molecule has 21 heavy (non-hydrogen) atoms. The Bertz CT molecular complexity index is 727. The van der Waals surface area contributed by atoms with Crippen molar-refractivity contribution in [3.05, 3.63) is 46.2 Å². The highest BCUT2D eigenvalue weighted by Crippen LogP contribution is 2.14.